The average Bonchev–Trinajstić information content (AvgIpc) is 2.54. The van der Waals surface area contributed by atoms with Gasteiger partial charge in [0.25, 0.3) is 5.91 Å². The molecule has 2 unspecified atom stereocenters. The number of nitrogens with one attached hydrogen (secondary N) is 1. The van der Waals surface area contributed by atoms with Crippen molar-refractivity contribution in [2.24, 2.45) is 0 Å². The fourth-order valence-corrected chi connectivity index (χ4v) is 3.62. The number of amides is 2. The van der Waals surface area contributed by atoms with Crippen LogP contribution in [0.1, 0.15) is 6.92 Å². The number of esters is 2. The molecule has 0 aliphatic carbocycles. The molecule has 0 aromatic carbocycles. The Labute approximate surface area is 143 Å². The summed E-state index contributed by atoms with van der Waals surface area (Å²) in [5, 5.41) is 0.731. The molecular formula is C13H13F3N2O6S. The molecule has 2 aliphatic rings. The van der Waals surface area contributed by atoms with E-state index in [1.54, 1.807) is 5.32 Å². The zero-order valence-electron chi connectivity index (χ0n) is 13.0. The van der Waals surface area contributed by atoms with Crippen molar-refractivity contribution in [1.82, 2.24) is 10.2 Å². The highest BCUT2D eigenvalue weighted by molar-refractivity contribution is 8.00. The van der Waals surface area contributed by atoms with Gasteiger partial charge in [-0.1, -0.05) is 0 Å². The molecule has 2 aliphatic heterocycles. The predicted molar refractivity (Wildman–Crippen MR) is 76.8 cm³/mol. The Kier molecular flexibility index (Phi) is 5.30. The first-order valence-corrected chi connectivity index (χ1v) is 7.88. The van der Waals surface area contributed by atoms with Gasteiger partial charge in [-0.2, -0.15) is 13.2 Å². The summed E-state index contributed by atoms with van der Waals surface area (Å²) in [6, 6.07) is -1.41. The second kappa shape index (κ2) is 6.94. The fraction of sp³-hybridized carbons (Fsp3) is 0.538. The zero-order valence-corrected chi connectivity index (χ0v) is 13.8. The van der Waals surface area contributed by atoms with Crippen LogP contribution >= 0.6 is 11.8 Å². The minimum absolute atomic E-state index is 0.116. The van der Waals surface area contributed by atoms with Crippen LogP contribution in [0.15, 0.2) is 11.3 Å². The Morgan fingerprint density at radius 2 is 2.00 bits per heavy atom. The second-order valence-electron chi connectivity index (χ2n) is 5.08. The molecule has 2 atom stereocenters. The molecule has 0 spiro atoms. The smallest absolute Gasteiger partial charge is 0.464 e. The molecule has 1 fully saturated rings. The van der Waals surface area contributed by atoms with E-state index in [4.69, 9.17) is 4.74 Å². The van der Waals surface area contributed by atoms with Gasteiger partial charge in [-0.25, -0.2) is 4.79 Å². The number of methoxy groups -OCH3 is 1. The van der Waals surface area contributed by atoms with Gasteiger partial charge >= 0.3 is 24.0 Å². The Hall–Kier alpha value is -2.24. The van der Waals surface area contributed by atoms with Gasteiger partial charge in [-0.15, -0.1) is 11.8 Å². The number of carbonyl (C=O) groups excluding carboxylic acids is 4. The Bertz CT molecular complexity index is 663. The minimum atomic E-state index is -5.12. The van der Waals surface area contributed by atoms with Gasteiger partial charge in [0, 0.05) is 18.2 Å². The topological polar surface area (TPSA) is 102 Å². The molecule has 1 saturated heterocycles. The van der Waals surface area contributed by atoms with Gasteiger partial charge < -0.3 is 14.8 Å². The van der Waals surface area contributed by atoms with Crippen LogP contribution in [-0.2, 0) is 28.7 Å². The van der Waals surface area contributed by atoms with E-state index in [9.17, 15) is 32.3 Å². The van der Waals surface area contributed by atoms with E-state index in [1.165, 1.54) is 0 Å². The van der Waals surface area contributed by atoms with Crippen LogP contribution in [0.3, 0.4) is 0 Å². The molecule has 138 valence electrons. The molecule has 2 amide bonds. The summed E-state index contributed by atoms with van der Waals surface area (Å²) in [7, 11) is 1.07. The molecule has 0 bridgehead atoms. The van der Waals surface area contributed by atoms with Crippen molar-refractivity contribution >= 4 is 35.5 Å². The van der Waals surface area contributed by atoms with Gasteiger partial charge in [0.1, 0.15) is 23.7 Å². The van der Waals surface area contributed by atoms with Gasteiger partial charge in [0.15, 0.2) is 0 Å². The number of hydrogen-bond donors (Lipinski definition) is 1. The number of alkyl halides is 3. The lowest BCUT2D eigenvalue weighted by atomic mass is 10.0. The maximum Gasteiger partial charge on any atom is 0.471 e. The summed E-state index contributed by atoms with van der Waals surface area (Å²) in [6.07, 6.45) is -5.12. The van der Waals surface area contributed by atoms with E-state index < -0.39 is 41.3 Å². The van der Waals surface area contributed by atoms with Crippen LogP contribution in [0.4, 0.5) is 13.2 Å². The molecule has 2 rings (SSSR count). The Morgan fingerprint density at radius 3 is 2.52 bits per heavy atom. The van der Waals surface area contributed by atoms with Crippen molar-refractivity contribution in [3.63, 3.8) is 0 Å². The van der Waals surface area contributed by atoms with Crippen LogP contribution in [-0.4, -0.2) is 65.7 Å². The van der Waals surface area contributed by atoms with Crippen LogP contribution in [0.25, 0.3) is 0 Å². The Morgan fingerprint density at radius 1 is 1.36 bits per heavy atom. The van der Waals surface area contributed by atoms with Crippen molar-refractivity contribution in [3.05, 3.63) is 11.3 Å². The van der Waals surface area contributed by atoms with Crippen LogP contribution in [0.2, 0.25) is 0 Å². The first-order valence-electron chi connectivity index (χ1n) is 6.84. The highest BCUT2D eigenvalue weighted by atomic mass is 32.2. The molecule has 1 N–H and O–H groups in total. The summed E-state index contributed by atoms with van der Waals surface area (Å²) in [5.41, 5.74) is 0.104. The zero-order chi connectivity index (χ0) is 18.9. The van der Waals surface area contributed by atoms with Crippen LogP contribution < -0.4 is 5.32 Å². The highest BCUT2D eigenvalue weighted by Crippen LogP contribution is 2.41. The number of β-lactam (4-membered cyclic amide) rings is 1. The van der Waals surface area contributed by atoms with Crippen molar-refractivity contribution in [2.75, 3.05) is 19.5 Å². The summed E-state index contributed by atoms with van der Waals surface area (Å²) >= 11 is 1.03. The van der Waals surface area contributed by atoms with E-state index >= 15 is 0 Å². The number of thioether (sulfide) groups is 1. The Balaban J connectivity index is 2.22. The molecule has 0 aromatic rings. The maximum absolute atomic E-state index is 12.3. The lowest BCUT2D eigenvalue weighted by Crippen LogP contribution is -2.71. The summed E-state index contributed by atoms with van der Waals surface area (Å²) in [6.45, 7) is 0.900. The third kappa shape index (κ3) is 3.72. The third-order valence-corrected chi connectivity index (χ3v) is 4.76. The van der Waals surface area contributed by atoms with E-state index in [0.717, 1.165) is 30.7 Å². The number of fused-ring (bicyclic) bond motifs is 1. The number of rotatable bonds is 4. The van der Waals surface area contributed by atoms with Crippen molar-refractivity contribution in [2.45, 2.75) is 24.5 Å². The minimum Gasteiger partial charge on any atom is -0.464 e. The first kappa shape index (κ1) is 19.1. The van der Waals surface area contributed by atoms with Crippen LogP contribution in [0, 0.1) is 0 Å². The normalized spacial score (nSPS) is 22.8. The van der Waals surface area contributed by atoms with Gasteiger partial charge in [-0.3, -0.25) is 19.3 Å². The van der Waals surface area contributed by atoms with Gasteiger partial charge in [0.05, 0.1) is 7.11 Å². The lowest BCUT2D eigenvalue weighted by Gasteiger charge is -2.49. The molecular weight excluding hydrogens is 369 g/mol. The first-order chi connectivity index (χ1) is 11.6. The summed E-state index contributed by atoms with van der Waals surface area (Å²) in [4.78, 5) is 47.0. The van der Waals surface area contributed by atoms with Gasteiger partial charge in [0.2, 0.25) is 0 Å². The number of carbonyl (C=O) groups is 4. The van der Waals surface area contributed by atoms with E-state index in [2.05, 4.69) is 4.74 Å². The van der Waals surface area contributed by atoms with Crippen molar-refractivity contribution in [3.8, 4) is 0 Å². The largest absolute Gasteiger partial charge is 0.471 e. The number of ether oxygens (including phenoxy) is 2. The van der Waals surface area contributed by atoms with E-state index in [0.29, 0.717) is 0 Å². The van der Waals surface area contributed by atoms with Crippen molar-refractivity contribution < 1.29 is 41.8 Å². The summed E-state index contributed by atoms with van der Waals surface area (Å²) in [5.74, 6) is -4.49. The number of halogens is 3. The number of hydrogen-bond acceptors (Lipinski definition) is 7. The quantitative estimate of drug-likeness (QED) is 0.537. The van der Waals surface area contributed by atoms with E-state index in [-0.39, 0.29) is 23.6 Å². The second-order valence-corrected chi connectivity index (χ2v) is 6.19. The van der Waals surface area contributed by atoms with Crippen LogP contribution in [0.5, 0.6) is 0 Å². The molecule has 8 nitrogen and oxygen atoms in total. The van der Waals surface area contributed by atoms with Gasteiger partial charge in [-0.05, 0) is 0 Å². The SMILES string of the molecule is COC(=O)C1=C(COC(C)=O)CSC2C(NC(=O)C(F)(F)F)C(=O)N12. The highest BCUT2D eigenvalue weighted by Gasteiger charge is 2.56. The standard InChI is InChI=1S/C13H13F3N2O6S/c1-5(19)24-3-6-4-25-10-7(17-12(22)13(14,15)16)9(20)18(10)8(6)11(21)23-2/h7,10H,3-4H2,1-2H3,(H,17,22). The molecule has 25 heavy (non-hydrogen) atoms. The van der Waals surface area contributed by atoms with Crippen molar-refractivity contribution in [1.29, 1.82) is 0 Å². The third-order valence-electron chi connectivity index (χ3n) is 3.42. The summed E-state index contributed by atoms with van der Waals surface area (Å²) < 4.78 is 46.4. The lowest BCUT2D eigenvalue weighted by molar-refractivity contribution is -0.177. The average molecular weight is 382 g/mol. The predicted octanol–water partition coefficient (Wildman–Crippen LogP) is -0.0612. The van der Waals surface area contributed by atoms with E-state index in [1.807, 2.05) is 0 Å². The fourth-order valence-electron chi connectivity index (χ4n) is 2.29. The maximum atomic E-state index is 12.3. The molecule has 0 radical (unpaired) electrons. The molecule has 0 aromatic heterocycles. The molecule has 12 heteroatoms. The monoisotopic (exact) mass is 382 g/mol. The number of nitrogens with zero attached hydrogens (tertiary/aromatic N) is 1. The molecule has 0 saturated carbocycles. The molecule has 2 heterocycles.